The maximum Gasteiger partial charge on any atom is 0.330 e. The molecule has 1 saturated heterocycles. The van der Waals surface area contributed by atoms with Crippen molar-refractivity contribution in [1.29, 1.82) is 0 Å². The molecule has 3 aliphatic carbocycles. The Bertz CT molecular complexity index is 926. The number of fused-ring (bicyclic) bond motifs is 5. The van der Waals surface area contributed by atoms with Gasteiger partial charge in [-0.1, -0.05) is 44.2 Å². The molecule has 178 valence electrons. The van der Waals surface area contributed by atoms with Crippen molar-refractivity contribution in [1.82, 2.24) is 4.90 Å². The number of rotatable bonds is 4. The molecule has 1 unspecified atom stereocenters. The largest absolute Gasteiger partial charge is 0.462 e. The standard InChI is InChI=1S/C29H39NO3/c1-28-17-15-24-22(11-13-25-29(24,2)18-16-26(31)30(25)3)23(28)12-10-21(28)19-33-27(32)14-9-20-7-5-4-6-8-20/h4-9,14,21-25H,10-13,15-19H2,1-3H3/t21?,22-,23-,24-,25+,28+,29+/m0/s1. The highest BCUT2D eigenvalue weighted by Gasteiger charge is 2.61. The van der Waals surface area contributed by atoms with Gasteiger partial charge in [-0.2, -0.15) is 0 Å². The van der Waals surface area contributed by atoms with Crippen LogP contribution in [0, 0.1) is 34.5 Å². The van der Waals surface area contributed by atoms with Crippen molar-refractivity contribution in [2.24, 2.45) is 34.5 Å². The number of esters is 1. The van der Waals surface area contributed by atoms with Crippen LogP contribution >= 0.6 is 0 Å². The lowest BCUT2D eigenvalue weighted by atomic mass is 9.47. The highest BCUT2D eigenvalue weighted by molar-refractivity contribution is 5.87. The summed E-state index contributed by atoms with van der Waals surface area (Å²) in [6, 6.07) is 10.3. The Balaban J connectivity index is 1.24. The van der Waals surface area contributed by atoms with Gasteiger partial charge in [-0.25, -0.2) is 4.79 Å². The Morgan fingerprint density at radius 2 is 1.79 bits per heavy atom. The van der Waals surface area contributed by atoms with Gasteiger partial charge in [0.1, 0.15) is 0 Å². The molecule has 1 aromatic rings. The van der Waals surface area contributed by atoms with Crippen LogP contribution in [-0.4, -0.2) is 36.5 Å². The number of hydrogen-bond donors (Lipinski definition) is 0. The van der Waals surface area contributed by atoms with Gasteiger partial charge in [0.2, 0.25) is 5.91 Å². The zero-order chi connectivity index (χ0) is 23.2. The van der Waals surface area contributed by atoms with Crippen LogP contribution in [0.1, 0.15) is 70.8 Å². The van der Waals surface area contributed by atoms with E-state index >= 15 is 0 Å². The quantitative estimate of drug-likeness (QED) is 0.436. The van der Waals surface area contributed by atoms with Crippen LogP contribution in [-0.2, 0) is 14.3 Å². The van der Waals surface area contributed by atoms with E-state index in [0.717, 1.165) is 36.2 Å². The first kappa shape index (κ1) is 22.7. The average Bonchev–Trinajstić information content (AvgIpc) is 3.16. The lowest BCUT2D eigenvalue weighted by Crippen LogP contribution is -2.61. The molecule has 0 N–H and O–H groups in total. The molecular weight excluding hydrogens is 410 g/mol. The van der Waals surface area contributed by atoms with Crippen LogP contribution < -0.4 is 0 Å². The van der Waals surface area contributed by atoms with Crippen molar-refractivity contribution in [3.63, 3.8) is 0 Å². The van der Waals surface area contributed by atoms with Crippen molar-refractivity contribution >= 4 is 18.0 Å². The van der Waals surface area contributed by atoms with E-state index in [1.807, 2.05) is 43.5 Å². The highest BCUT2D eigenvalue weighted by Crippen LogP contribution is 2.66. The van der Waals surface area contributed by atoms with Crippen LogP contribution in [0.15, 0.2) is 36.4 Å². The Hall–Kier alpha value is -2.10. The van der Waals surface area contributed by atoms with E-state index < -0.39 is 0 Å². The molecule has 3 saturated carbocycles. The van der Waals surface area contributed by atoms with Gasteiger partial charge in [-0.15, -0.1) is 0 Å². The molecule has 1 aliphatic heterocycles. The smallest absolute Gasteiger partial charge is 0.330 e. The van der Waals surface area contributed by atoms with Crippen LogP contribution in [0.5, 0.6) is 0 Å². The predicted octanol–water partition coefficient (Wildman–Crippen LogP) is 5.72. The number of nitrogens with zero attached hydrogens (tertiary/aromatic N) is 1. The lowest BCUT2D eigenvalue weighted by Gasteiger charge is -2.61. The maximum atomic E-state index is 12.4. The van der Waals surface area contributed by atoms with Crippen LogP contribution in [0.3, 0.4) is 0 Å². The molecule has 0 aromatic heterocycles. The Kier molecular flexibility index (Phi) is 5.91. The van der Waals surface area contributed by atoms with E-state index in [9.17, 15) is 9.59 Å². The van der Waals surface area contributed by atoms with E-state index in [4.69, 9.17) is 4.74 Å². The number of benzene rings is 1. The van der Waals surface area contributed by atoms with Crippen molar-refractivity contribution in [2.45, 2.75) is 71.3 Å². The minimum atomic E-state index is -0.234. The molecule has 33 heavy (non-hydrogen) atoms. The van der Waals surface area contributed by atoms with E-state index in [0.29, 0.717) is 30.9 Å². The van der Waals surface area contributed by atoms with E-state index in [2.05, 4.69) is 18.7 Å². The van der Waals surface area contributed by atoms with Gasteiger partial charge >= 0.3 is 5.97 Å². The summed E-state index contributed by atoms with van der Waals surface area (Å²) in [5.74, 6) is 2.76. The minimum absolute atomic E-state index is 0.234. The third kappa shape index (κ3) is 3.84. The fraction of sp³-hybridized carbons (Fsp3) is 0.655. The molecule has 1 heterocycles. The average molecular weight is 450 g/mol. The predicted molar refractivity (Wildman–Crippen MR) is 130 cm³/mol. The van der Waals surface area contributed by atoms with Crippen molar-refractivity contribution < 1.29 is 14.3 Å². The molecule has 0 spiro atoms. The van der Waals surface area contributed by atoms with E-state index in [1.165, 1.54) is 32.1 Å². The van der Waals surface area contributed by atoms with Gasteiger partial charge in [0.15, 0.2) is 0 Å². The SMILES string of the molecule is CN1C(=O)CC[C@]2(C)[C@H]3CC[C@]4(C)C(COC(=O)C=Cc5ccccc5)CC[C@H]4[C@@H]3CC[C@@H]12. The van der Waals surface area contributed by atoms with Gasteiger partial charge in [-0.3, -0.25) is 4.79 Å². The van der Waals surface area contributed by atoms with Crippen LogP contribution in [0.2, 0.25) is 0 Å². The van der Waals surface area contributed by atoms with Crippen molar-refractivity contribution in [3.05, 3.63) is 42.0 Å². The summed E-state index contributed by atoms with van der Waals surface area (Å²) in [4.78, 5) is 26.8. The number of piperidine rings is 1. The zero-order valence-electron chi connectivity index (χ0n) is 20.5. The molecule has 0 radical (unpaired) electrons. The highest BCUT2D eigenvalue weighted by atomic mass is 16.5. The topological polar surface area (TPSA) is 46.6 Å². The van der Waals surface area contributed by atoms with Gasteiger partial charge in [0.05, 0.1) is 6.61 Å². The molecule has 4 heteroatoms. The molecule has 0 bridgehead atoms. The monoisotopic (exact) mass is 449 g/mol. The minimum Gasteiger partial charge on any atom is -0.462 e. The summed E-state index contributed by atoms with van der Waals surface area (Å²) in [5, 5.41) is 0. The summed E-state index contributed by atoms with van der Waals surface area (Å²) in [5.41, 5.74) is 1.55. The summed E-state index contributed by atoms with van der Waals surface area (Å²) >= 11 is 0. The Morgan fingerprint density at radius 1 is 1.03 bits per heavy atom. The zero-order valence-corrected chi connectivity index (χ0v) is 20.5. The van der Waals surface area contributed by atoms with E-state index in [1.54, 1.807) is 6.08 Å². The Labute approximate surface area is 198 Å². The third-order valence-corrected chi connectivity index (χ3v) is 10.4. The van der Waals surface area contributed by atoms with Gasteiger partial charge < -0.3 is 9.64 Å². The van der Waals surface area contributed by atoms with E-state index in [-0.39, 0.29) is 16.8 Å². The second-order valence-electron chi connectivity index (χ2n) is 11.7. The van der Waals surface area contributed by atoms with Gasteiger partial charge in [0.25, 0.3) is 0 Å². The molecule has 4 fully saturated rings. The van der Waals surface area contributed by atoms with Crippen LogP contribution in [0.25, 0.3) is 6.08 Å². The first-order valence-corrected chi connectivity index (χ1v) is 13.0. The molecule has 7 atom stereocenters. The first-order chi connectivity index (χ1) is 15.8. The third-order valence-electron chi connectivity index (χ3n) is 10.4. The normalized spacial score (nSPS) is 40.3. The molecule has 4 nitrogen and oxygen atoms in total. The summed E-state index contributed by atoms with van der Waals surface area (Å²) in [7, 11) is 2.03. The molecular formula is C29H39NO3. The summed E-state index contributed by atoms with van der Waals surface area (Å²) < 4.78 is 5.76. The number of carbonyl (C=O) groups is 2. The molecule has 1 aromatic carbocycles. The number of ether oxygens (including phenoxy) is 1. The number of likely N-dealkylation sites (tertiary alicyclic amines) is 1. The second-order valence-corrected chi connectivity index (χ2v) is 11.7. The van der Waals surface area contributed by atoms with Crippen molar-refractivity contribution in [2.75, 3.05) is 13.7 Å². The second kappa shape index (κ2) is 8.60. The Morgan fingerprint density at radius 3 is 2.58 bits per heavy atom. The van der Waals surface area contributed by atoms with Crippen LogP contribution in [0.4, 0.5) is 0 Å². The fourth-order valence-electron chi connectivity index (χ4n) is 8.49. The van der Waals surface area contributed by atoms with Gasteiger partial charge in [0, 0.05) is 25.6 Å². The number of carbonyl (C=O) groups excluding carboxylic acids is 2. The molecule has 1 amide bonds. The fourth-order valence-corrected chi connectivity index (χ4v) is 8.49. The maximum absolute atomic E-state index is 12.4. The summed E-state index contributed by atoms with van der Waals surface area (Å²) in [6.45, 7) is 5.50. The summed E-state index contributed by atoms with van der Waals surface area (Å²) in [6.07, 6.45) is 12.5. The number of amides is 1. The number of hydrogen-bond acceptors (Lipinski definition) is 3. The van der Waals surface area contributed by atoms with Gasteiger partial charge in [-0.05, 0) is 91.1 Å². The molecule has 4 aliphatic rings. The van der Waals surface area contributed by atoms with Crippen molar-refractivity contribution in [3.8, 4) is 0 Å². The molecule has 5 rings (SSSR count). The lowest BCUT2D eigenvalue weighted by molar-refractivity contribution is -0.160. The first-order valence-electron chi connectivity index (χ1n) is 13.0.